The first-order valence-electron chi connectivity index (χ1n) is 12.5. The van der Waals surface area contributed by atoms with Crippen LogP contribution < -0.4 is 15.6 Å². The Balaban J connectivity index is 1.18. The number of carbonyl (C=O) groups is 1. The van der Waals surface area contributed by atoms with Crippen LogP contribution in [-0.4, -0.2) is 58.3 Å². The van der Waals surface area contributed by atoms with Crippen LogP contribution in [0, 0.1) is 5.92 Å². The van der Waals surface area contributed by atoms with Gasteiger partial charge in [0.25, 0.3) is 16.7 Å². The zero-order valence-corrected chi connectivity index (χ0v) is 21.5. The van der Waals surface area contributed by atoms with Crippen molar-refractivity contribution in [1.82, 2.24) is 19.8 Å². The minimum absolute atomic E-state index is 0.108. The summed E-state index contributed by atoms with van der Waals surface area (Å²) in [5.41, 5.74) is 1.04. The van der Waals surface area contributed by atoms with Gasteiger partial charge in [-0.3, -0.25) is 9.59 Å². The van der Waals surface area contributed by atoms with Crippen molar-refractivity contribution in [2.45, 2.75) is 70.2 Å². The zero-order chi connectivity index (χ0) is 25.9. The summed E-state index contributed by atoms with van der Waals surface area (Å²) in [6, 6.07) is 4.83. The standard InChI is InChI=1S/C25H33F3N4O3S/c1-16(25(26,27)28)35-24-30-19-11-14-32(15-12-21(19)36-24)13-10-17-6-8-18(9-7-17)29-23(34)20-4-3-5-22(33)31(20)2/h3-5,16-18H,6-15H2,1-2H3,(H,29,34)/t16-,17-,18-/m0/s1. The van der Waals surface area contributed by atoms with E-state index in [0.29, 0.717) is 11.6 Å². The molecule has 4 rings (SSSR count). The van der Waals surface area contributed by atoms with E-state index in [1.807, 2.05) is 0 Å². The fourth-order valence-corrected chi connectivity index (χ4v) is 5.91. The summed E-state index contributed by atoms with van der Waals surface area (Å²) in [6.07, 6.45) is 0.292. The molecular formula is C25H33F3N4O3S. The van der Waals surface area contributed by atoms with Crippen LogP contribution >= 0.6 is 11.3 Å². The summed E-state index contributed by atoms with van der Waals surface area (Å²) in [4.78, 5) is 32.1. The Bertz CT molecular complexity index is 1080. The third kappa shape index (κ3) is 6.67. The van der Waals surface area contributed by atoms with Gasteiger partial charge < -0.3 is 19.5 Å². The van der Waals surface area contributed by atoms with Crippen molar-refractivity contribution in [2.75, 3.05) is 19.6 Å². The average Bonchev–Trinajstić information content (AvgIpc) is 3.11. The first kappa shape index (κ1) is 26.7. The molecule has 1 aliphatic heterocycles. The number of hydrogen-bond acceptors (Lipinski definition) is 6. The number of halogens is 3. The summed E-state index contributed by atoms with van der Waals surface area (Å²) in [5.74, 6) is 0.407. The minimum atomic E-state index is -4.40. The summed E-state index contributed by atoms with van der Waals surface area (Å²) in [7, 11) is 1.60. The van der Waals surface area contributed by atoms with E-state index in [4.69, 9.17) is 4.74 Å². The SMILES string of the molecule is C[C@H](Oc1nc2c(s1)CCN(CC[C@H]1CC[C@H](NC(=O)c3cccc(=O)n3C)CC1)CC2)C(F)(F)F. The van der Waals surface area contributed by atoms with E-state index in [9.17, 15) is 22.8 Å². The topological polar surface area (TPSA) is 76.5 Å². The largest absolute Gasteiger partial charge is 0.457 e. The number of alkyl halides is 3. The molecule has 1 fully saturated rings. The van der Waals surface area contributed by atoms with Gasteiger partial charge in [-0.25, -0.2) is 4.98 Å². The van der Waals surface area contributed by atoms with Gasteiger partial charge in [-0.15, -0.1) is 0 Å². The lowest BCUT2D eigenvalue weighted by Gasteiger charge is -2.31. The van der Waals surface area contributed by atoms with E-state index in [-0.39, 0.29) is 22.7 Å². The maximum Gasteiger partial charge on any atom is 0.425 e. The predicted octanol–water partition coefficient (Wildman–Crippen LogP) is 3.95. The number of thiazole rings is 1. The van der Waals surface area contributed by atoms with Crippen LogP contribution in [0.1, 0.15) is 60.1 Å². The normalized spacial score (nSPS) is 21.9. The molecule has 1 N–H and O–H groups in total. The van der Waals surface area contributed by atoms with Crippen molar-refractivity contribution in [3.05, 3.63) is 44.8 Å². The lowest BCUT2D eigenvalue weighted by Crippen LogP contribution is -2.40. The molecule has 2 aromatic heterocycles. The monoisotopic (exact) mass is 526 g/mol. The van der Waals surface area contributed by atoms with Gasteiger partial charge in [0.05, 0.1) is 5.69 Å². The van der Waals surface area contributed by atoms with Crippen LogP contribution in [0.2, 0.25) is 0 Å². The number of fused-ring (bicyclic) bond motifs is 1. The smallest absolute Gasteiger partial charge is 0.425 e. The number of aromatic nitrogens is 2. The highest BCUT2D eigenvalue weighted by atomic mass is 32.1. The van der Waals surface area contributed by atoms with Crippen molar-refractivity contribution in [3.8, 4) is 5.19 Å². The van der Waals surface area contributed by atoms with Crippen LogP contribution in [0.4, 0.5) is 13.2 Å². The van der Waals surface area contributed by atoms with E-state index in [0.717, 1.165) is 82.1 Å². The molecule has 7 nitrogen and oxygen atoms in total. The molecule has 3 heterocycles. The van der Waals surface area contributed by atoms with Crippen molar-refractivity contribution >= 4 is 17.2 Å². The van der Waals surface area contributed by atoms with Crippen molar-refractivity contribution in [2.24, 2.45) is 13.0 Å². The van der Waals surface area contributed by atoms with E-state index < -0.39 is 12.3 Å². The fraction of sp³-hybridized carbons (Fsp3) is 0.640. The Morgan fingerprint density at radius 3 is 2.67 bits per heavy atom. The third-order valence-electron chi connectivity index (χ3n) is 7.27. The molecule has 0 bridgehead atoms. The van der Waals surface area contributed by atoms with Crippen molar-refractivity contribution < 1.29 is 22.7 Å². The van der Waals surface area contributed by atoms with E-state index >= 15 is 0 Å². The molecule has 0 radical (unpaired) electrons. The number of hydrogen-bond donors (Lipinski definition) is 1. The van der Waals surface area contributed by atoms with Gasteiger partial charge in [0.1, 0.15) is 5.69 Å². The lowest BCUT2D eigenvalue weighted by atomic mass is 9.84. The zero-order valence-electron chi connectivity index (χ0n) is 20.6. The number of amides is 1. The predicted molar refractivity (Wildman–Crippen MR) is 132 cm³/mol. The highest BCUT2D eigenvalue weighted by Gasteiger charge is 2.39. The van der Waals surface area contributed by atoms with Crippen molar-refractivity contribution in [3.63, 3.8) is 0 Å². The fourth-order valence-electron chi connectivity index (χ4n) is 4.89. The summed E-state index contributed by atoms with van der Waals surface area (Å²) in [5, 5.41) is 3.19. The first-order chi connectivity index (χ1) is 17.1. The summed E-state index contributed by atoms with van der Waals surface area (Å²) < 4.78 is 44.7. The second-order valence-electron chi connectivity index (χ2n) is 9.78. The van der Waals surface area contributed by atoms with Crippen LogP contribution in [0.15, 0.2) is 23.0 Å². The van der Waals surface area contributed by atoms with Crippen molar-refractivity contribution in [1.29, 1.82) is 0 Å². The molecule has 1 aliphatic carbocycles. The number of pyridine rings is 1. The lowest BCUT2D eigenvalue weighted by molar-refractivity contribution is -0.189. The number of nitrogens with one attached hydrogen (secondary N) is 1. The van der Waals surface area contributed by atoms with Crippen LogP contribution in [0.5, 0.6) is 5.19 Å². The van der Waals surface area contributed by atoms with E-state index in [1.165, 1.54) is 22.0 Å². The van der Waals surface area contributed by atoms with Crippen LogP contribution in [-0.2, 0) is 19.9 Å². The molecule has 2 aromatic rings. The van der Waals surface area contributed by atoms with Gasteiger partial charge in [0, 0.05) is 43.5 Å². The van der Waals surface area contributed by atoms with E-state index in [2.05, 4.69) is 15.2 Å². The molecule has 0 aromatic carbocycles. The molecule has 0 unspecified atom stereocenters. The number of ether oxygens (including phenoxy) is 1. The van der Waals surface area contributed by atoms with Gasteiger partial charge in [-0.1, -0.05) is 17.4 Å². The summed E-state index contributed by atoms with van der Waals surface area (Å²) >= 11 is 1.23. The average molecular weight is 527 g/mol. The minimum Gasteiger partial charge on any atom is -0.457 e. The summed E-state index contributed by atoms with van der Waals surface area (Å²) in [6.45, 7) is 3.69. The molecule has 1 atom stereocenters. The molecular weight excluding hydrogens is 493 g/mol. The Morgan fingerprint density at radius 1 is 1.22 bits per heavy atom. The highest BCUT2D eigenvalue weighted by Crippen LogP contribution is 2.32. The molecule has 0 saturated heterocycles. The van der Waals surface area contributed by atoms with Gasteiger partial charge in [-0.05, 0) is 64.0 Å². The van der Waals surface area contributed by atoms with Gasteiger partial charge >= 0.3 is 6.18 Å². The third-order valence-corrected chi connectivity index (χ3v) is 8.32. The second-order valence-corrected chi connectivity index (χ2v) is 10.8. The molecule has 0 spiro atoms. The Hall–Kier alpha value is -2.40. The van der Waals surface area contributed by atoms with Gasteiger partial charge in [0.2, 0.25) is 0 Å². The van der Waals surface area contributed by atoms with Crippen LogP contribution in [0.3, 0.4) is 0 Å². The Morgan fingerprint density at radius 2 is 1.94 bits per heavy atom. The molecule has 1 saturated carbocycles. The quantitative estimate of drug-likeness (QED) is 0.591. The molecule has 36 heavy (non-hydrogen) atoms. The van der Waals surface area contributed by atoms with E-state index in [1.54, 1.807) is 19.2 Å². The number of nitrogens with zero attached hydrogens (tertiary/aromatic N) is 3. The Labute approximate surface area is 212 Å². The molecule has 2 aliphatic rings. The molecule has 11 heteroatoms. The van der Waals surface area contributed by atoms with Gasteiger partial charge in [-0.2, -0.15) is 13.2 Å². The highest BCUT2D eigenvalue weighted by molar-refractivity contribution is 7.13. The van der Waals surface area contributed by atoms with Crippen LogP contribution in [0.25, 0.3) is 0 Å². The molecule has 1 amide bonds. The second kappa shape index (κ2) is 11.3. The number of carbonyl (C=O) groups excluding carboxylic acids is 1. The maximum atomic E-state index is 12.8. The Kier molecular flexibility index (Phi) is 8.39. The first-order valence-corrected chi connectivity index (χ1v) is 13.3. The van der Waals surface area contributed by atoms with Gasteiger partial charge in [0.15, 0.2) is 6.10 Å². The maximum absolute atomic E-state index is 12.8. The number of rotatable bonds is 7. The molecule has 198 valence electrons.